The van der Waals surface area contributed by atoms with Gasteiger partial charge in [0.1, 0.15) is 11.5 Å². The van der Waals surface area contributed by atoms with Crippen LogP contribution >= 0.6 is 0 Å². The predicted octanol–water partition coefficient (Wildman–Crippen LogP) is 3.83. The van der Waals surface area contributed by atoms with Crippen molar-refractivity contribution in [2.24, 2.45) is 0 Å². The number of ether oxygens (including phenoxy) is 2. The first-order chi connectivity index (χ1) is 15.1. The van der Waals surface area contributed by atoms with E-state index in [-0.39, 0.29) is 5.91 Å². The molecule has 0 fully saturated rings. The Hall–Kier alpha value is -3.80. The molecule has 3 rings (SSSR count). The SMILES string of the molecule is CCOc1ccc(O[C@H](C)C(=O)NNC(=O)C(c2ccccc2)c2ccccc2)cc1. The van der Waals surface area contributed by atoms with Gasteiger partial charge in [-0.2, -0.15) is 0 Å². The minimum Gasteiger partial charge on any atom is -0.494 e. The minimum atomic E-state index is -0.801. The second-order valence-electron chi connectivity index (χ2n) is 6.90. The highest BCUT2D eigenvalue weighted by Gasteiger charge is 2.24. The third-order valence-corrected chi connectivity index (χ3v) is 4.65. The molecule has 3 aromatic carbocycles. The number of hydrogen-bond acceptors (Lipinski definition) is 4. The number of carbonyl (C=O) groups excluding carboxylic acids is 2. The summed E-state index contributed by atoms with van der Waals surface area (Å²) >= 11 is 0. The molecule has 0 radical (unpaired) electrons. The van der Waals surface area contributed by atoms with Crippen LogP contribution in [0.3, 0.4) is 0 Å². The lowest BCUT2D eigenvalue weighted by molar-refractivity contribution is -0.133. The highest BCUT2D eigenvalue weighted by molar-refractivity contribution is 5.90. The van der Waals surface area contributed by atoms with Gasteiger partial charge in [0, 0.05) is 0 Å². The molecule has 31 heavy (non-hydrogen) atoms. The van der Waals surface area contributed by atoms with Crippen LogP contribution in [0.2, 0.25) is 0 Å². The molecule has 6 heteroatoms. The van der Waals surface area contributed by atoms with Crippen LogP contribution in [0.1, 0.15) is 30.9 Å². The van der Waals surface area contributed by atoms with Gasteiger partial charge in [-0.15, -0.1) is 0 Å². The molecular weight excluding hydrogens is 392 g/mol. The maximum absolute atomic E-state index is 12.9. The maximum Gasteiger partial charge on any atom is 0.279 e. The van der Waals surface area contributed by atoms with E-state index < -0.39 is 17.9 Å². The molecule has 0 aliphatic rings. The molecule has 0 aliphatic heterocycles. The Labute approximate surface area is 182 Å². The average Bonchev–Trinajstić information content (AvgIpc) is 2.80. The monoisotopic (exact) mass is 418 g/mol. The smallest absolute Gasteiger partial charge is 0.279 e. The Kier molecular flexibility index (Phi) is 7.65. The van der Waals surface area contributed by atoms with Gasteiger partial charge in [0.15, 0.2) is 6.10 Å². The fourth-order valence-electron chi connectivity index (χ4n) is 3.12. The summed E-state index contributed by atoms with van der Waals surface area (Å²) < 4.78 is 11.0. The molecule has 0 bridgehead atoms. The van der Waals surface area contributed by atoms with Crippen molar-refractivity contribution in [3.05, 3.63) is 96.1 Å². The Morgan fingerprint density at radius 1 is 0.742 bits per heavy atom. The van der Waals surface area contributed by atoms with E-state index in [4.69, 9.17) is 9.47 Å². The number of rotatable bonds is 8. The van der Waals surface area contributed by atoms with Crippen LogP contribution in [-0.4, -0.2) is 24.5 Å². The molecule has 6 nitrogen and oxygen atoms in total. The van der Waals surface area contributed by atoms with Crippen molar-refractivity contribution in [3.8, 4) is 11.5 Å². The van der Waals surface area contributed by atoms with Crippen LogP contribution in [0, 0.1) is 0 Å². The highest BCUT2D eigenvalue weighted by atomic mass is 16.5. The summed E-state index contributed by atoms with van der Waals surface area (Å²) in [6, 6.07) is 25.9. The summed E-state index contributed by atoms with van der Waals surface area (Å²) in [6.45, 7) is 4.10. The van der Waals surface area contributed by atoms with Gasteiger partial charge >= 0.3 is 0 Å². The summed E-state index contributed by atoms with van der Waals surface area (Å²) in [6.07, 6.45) is -0.801. The molecule has 0 spiro atoms. The van der Waals surface area contributed by atoms with Crippen molar-refractivity contribution in [1.82, 2.24) is 10.9 Å². The van der Waals surface area contributed by atoms with E-state index in [9.17, 15) is 9.59 Å². The summed E-state index contributed by atoms with van der Waals surface area (Å²) in [5.41, 5.74) is 6.66. The van der Waals surface area contributed by atoms with Crippen LogP contribution < -0.4 is 20.3 Å². The lowest BCUT2D eigenvalue weighted by atomic mass is 9.91. The van der Waals surface area contributed by atoms with Gasteiger partial charge in [0.05, 0.1) is 12.5 Å². The second kappa shape index (κ2) is 10.8. The molecular formula is C25H26N2O4. The zero-order valence-electron chi connectivity index (χ0n) is 17.6. The molecule has 1 atom stereocenters. The highest BCUT2D eigenvalue weighted by Crippen LogP contribution is 2.24. The van der Waals surface area contributed by atoms with Gasteiger partial charge in [0.25, 0.3) is 5.91 Å². The van der Waals surface area contributed by atoms with E-state index in [2.05, 4.69) is 10.9 Å². The maximum atomic E-state index is 12.9. The fraction of sp³-hybridized carbons (Fsp3) is 0.200. The van der Waals surface area contributed by atoms with Crippen molar-refractivity contribution in [3.63, 3.8) is 0 Å². The molecule has 0 aromatic heterocycles. The molecule has 2 N–H and O–H groups in total. The average molecular weight is 418 g/mol. The van der Waals surface area contributed by atoms with Crippen molar-refractivity contribution < 1.29 is 19.1 Å². The molecule has 0 saturated heterocycles. The van der Waals surface area contributed by atoms with Crippen LogP contribution in [-0.2, 0) is 9.59 Å². The molecule has 3 aromatic rings. The first-order valence-corrected chi connectivity index (χ1v) is 10.2. The van der Waals surface area contributed by atoms with Gasteiger partial charge < -0.3 is 9.47 Å². The number of amides is 2. The third kappa shape index (κ3) is 6.09. The number of hydrazine groups is 1. The van der Waals surface area contributed by atoms with Crippen molar-refractivity contribution >= 4 is 11.8 Å². The quantitative estimate of drug-likeness (QED) is 0.545. The van der Waals surface area contributed by atoms with Gasteiger partial charge in [-0.1, -0.05) is 60.7 Å². The van der Waals surface area contributed by atoms with E-state index in [1.54, 1.807) is 31.2 Å². The van der Waals surface area contributed by atoms with Crippen LogP contribution in [0.15, 0.2) is 84.9 Å². The Bertz CT molecular complexity index is 936. The molecule has 0 saturated carbocycles. The number of hydrogen-bond donors (Lipinski definition) is 2. The summed E-state index contributed by atoms with van der Waals surface area (Å²) in [7, 11) is 0. The molecule has 0 aliphatic carbocycles. The summed E-state index contributed by atoms with van der Waals surface area (Å²) in [5.74, 6) is -0.0814. The zero-order valence-corrected chi connectivity index (χ0v) is 17.6. The van der Waals surface area contributed by atoms with Gasteiger partial charge in [0.2, 0.25) is 5.91 Å². The van der Waals surface area contributed by atoms with E-state index in [1.165, 1.54) is 0 Å². The normalized spacial score (nSPS) is 11.5. The lowest BCUT2D eigenvalue weighted by Crippen LogP contribution is -2.48. The zero-order chi connectivity index (χ0) is 22.1. The Morgan fingerprint density at radius 2 is 1.23 bits per heavy atom. The lowest BCUT2D eigenvalue weighted by Gasteiger charge is -2.20. The topological polar surface area (TPSA) is 76.7 Å². The van der Waals surface area contributed by atoms with E-state index in [1.807, 2.05) is 67.6 Å². The predicted molar refractivity (Wildman–Crippen MR) is 119 cm³/mol. The van der Waals surface area contributed by atoms with Crippen molar-refractivity contribution in [2.75, 3.05) is 6.61 Å². The molecule has 2 amide bonds. The van der Waals surface area contributed by atoms with Crippen molar-refractivity contribution in [1.29, 1.82) is 0 Å². The first-order valence-electron chi connectivity index (χ1n) is 10.2. The van der Waals surface area contributed by atoms with Crippen LogP contribution in [0.5, 0.6) is 11.5 Å². The summed E-state index contributed by atoms with van der Waals surface area (Å²) in [5, 5.41) is 0. The number of carbonyl (C=O) groups is 2. The summed E-state index contributed by atoms with van der Waals surface area (Å²) in [4.78, 5) is 25.4. The standard InChI is InChI=1S/C25H26N2O4/c1-3-30-21-14-16-22(17-15-21)31-18(2)24(28)26-27-25(29)23(19-10-6-4-7-11-19)20-12-8-5-9-13-20/h4-18,23H,3H2,1-2H3,(H,26,28)(H,27,29)/t18-/m1/s1. The van der Waals surface area contributed by atoms with Crippen LogP contribution in [0.25, 0.3) is 0 Å². The van der Waals surface area contributed by atoms with E-state index in [0.29, 0.717) is 12.4 Å². The van der Waals surface area contributed by atoms with Gasteiger partial charge in [-0.3, -0.25) is 20.4 Å². The molecule has 0 heterocycles. The van der Waals surface area contributed by atoms with Crippen molar-refractivity contribution in [2.45, 2.75) is 25.9 Å². The van der Waals surface area contributed by atoms with E-state index >= 15 is 0 Å². The number of benzene rings is 3. The number of nitrogens with one attached hydrogen (secondary N) is 2. The van der Waals surface area contributed by atoms with Gasteiger partial charge in [-0.05, 0) is 49.2 Å². The van der Waals surface area contributed by atoms with Gasteiger partial charge in [-0.25, -0.2) is 0 Å². The molecule has 0 unspecified atom stereocenters. The second-order valence-corrected chi connectivity index (χ2v) is 6.90. The van der Waals surface area contributed by atoms with E-state index in [0.717, 1.165) is 16.9 Å². The Balaban J connectivity index is 1.61. The Morgan fingerprint density at radius 3 is 1.74 bits per heavy atom. The first kappa shape index (κ1) is 21.9. The van der Waals surface area contributed by atoms with Crippen LogP contribution in [0.4, 0.5) is 0 Å². The minimum absolute atomic E-state index is 0.334. The largest absolute Gasteiger partial charge is 0.494 e. The fourth-order valence-corrected chi connectivity index (χ4v) is 3.12. The molecule has 160 valence electrons. The third-order valence-electron chi connectivity index (χ3n) is 4.65.